The van der Waals surface area contributed by atoms with E-state index in [1.54, 1.807) is 0 Å². The van der Waals surface area contributed by atoms with Crippen molar-refractivity contribution in [2.24, 2.45) is 5.92 Å². The van der Waals surface area contributed by atoms with E-state index in [0.29, 0.717) is 5.06 Å². The molecule has 0 radical (unpaired) electrons. The zero-order valence-corrected chi connectivity index (χ0v) is 14.6. The molecule has 10 nitrogen and oxygen atoms in total. The van der Waals surface area contributed by atoms with Gasteiger partial charge in [0.05, 0.1) is 0 Å². The summed E-state index contributed by atoms with van der Waals surface area (Å²) >= 11 is 0. The van der Waals surface area contributed by atoms with Gasteiger partial charge in [-0.3, -0.25) is 14.4 Å². The number of nitrogens with zero attached hydrogens (tertiary/aromatic N) is 2. The number of hydroxylamine groups is 2. The lowest BCUT2D eigenvalue weighted by Gasteiger charge is -2.27. The second-order valence-corrected chi connectivity index (χ2v) is 5.60. The maximum atomic E-state index is 12.2. The van der Waals surface area contributed by atoms with Gasteiger partial charge in [0.25, 0.3) is 11.8 Å². The molecule has 0 aromatic heterocycles. The Bertz CT molecular complexity index is 510. The summed E-state index contributed by atoms with van der Waals surface area (Å²) in [4.78, 5) is 60.7. The molecule has 2 N–H and O–H groups in total. The van der Waals surface area contributed by atoms with Crippen molar-refractivity contribution >= 4 is 29.8 Å². The van der Waals surface area contributed by atoms with E-state index in [-0.39, 0.29) is 18.4 Å². The molecular weight excluding hydrogens is 336 g/mol. The molecule has 0 saturated heterocycles. The summed E-state index contributed by atoms with van der Waals surface area (Å²) < 4.78 is 0. The van der Waals surface area contributed by atoms with Crippen LogP contribution in [-0.4, -0.2) is 63.6 Å². The molecule has 0 aromatic rings. The van der Waals surface area contributed by atoms with Crippen LogP contribution in [0.2, 0.25) is 0 Å². The normalized spacial score (nSPS) is 13.7. The predicted octanol–water partition coefficient (Wildman–Crippen LogP) is 1.10. The van der Waals surface area contributed by atoms with E-state index in [9.17, 15) is 19.2 Å². The van der Waals surface area contributed by atoms with Crippen LogP contribution < -0.4 is 0 Å². The highest BCUT2D eigenvalue weighted by molar-refractivity contribution is 5.96. The number of carbonyl (C=O) groups excluding carboxylic acids is 4. The molecule has 142 valence electrons. The SMILES string of the molecule is CC(=O)ON(C(C)=O)C(=O)CN(C)C(=O)C1CCCCC1.O=C(O)O. The van der Waals surface area contributed by atoms with Gasteiger partial charge in [0, 0.05) is 26.8 Å². The molecular formula is C15H24N2O8. The van der Waals surface area contributed by atoms with Crippen molar-refractivity contribution in [1.29, 1.82) is 0 Å². The first kappa shape index (κ1) is 22.4. The fraction of sp³-hybridized carbons (Fsp3) is 0.667. The topological polar surface area (TPSA) is 142 Å². The molecule has 0 heterocycles. The fourth-order valence-electron chi connectivity index (χ4n) is 2.43. The highest BCUT2D eigenvalue weighted by Gasteiger charge is 2.28. The summed E-state index contributed by atoms with van der Waals surface area (Å²) in [7, 11) is 1.51. The molecule has 1 aliphatic carbocycles. The summed E-state index contributed by atoms with van der Waals surface area (Å²) in [6.45, 7) is 1.92. The van der Waals surface area contributed by atoms with Gasteiger partial charge >= 0.3 is 12.1 Å². The lowest BCUT2D eigenvalue weighted by molar-refractivity contribution is -0.200. The van der Waals surface area contributed by atoms with Crippen LogP contribution in [0, 0.1) is 5.92 Å². The first-order valence-electron chi connectivity index (χ1n) is 7.75. The standard InChI is InChI=1S/C14H22N2O5.CH2O3/c1-10(17)16(21-11(2)18)13(19)9-15(3)14(20)12-7-5-4-6-8-12;2-1(3)4/h12H,4-9H2,1-3H3;(H2,2,3,4). The highest BCUT2D eigenvalue weighted by atomic mass is 16.7. The third kappa shape index (κ3) is 9.28. The number of carboxylic acid groups (broad SMARTS) is 2. The minimum Gasteiger partial charge on any atom is -0.450 e. The first-order chi connectivity index (χ1) is 11.6. The summed E-state index contributed by atoms with van der Waals surface area (Å²) in [6.07, 6.45) is 3.00. The summed E-state index contributed by atoms with van der Waals surface area (Å²) in [5.74, 6) is -2.36. The fourth-order valence-corrected chi connectivity index (χ4v) is 2.43. The Kier molecular flexibility index (Phi) is 9.83. The van der Waals surface area contributed by atoms with Crippen LogP contribution >= 0.6 is 0 Å². The van der Waals surface area contributed by atoms with Crippen molar-refractivity contribution in [1.82, 2.24) is 9.96 Å². The van der Waals surface area contributed by atoms with Gasteiger partial charge in [-0.25, -0.2) is 9.59 Å². The first-order valence-corrected chi connectivity index (χ1v) is 7.75. The number of hydrogen-bond acceptors (Lipinski definition) is 6. The Morgan fingerprint density at radius 3 is 1.88 bits per heavy atom. The van der Waals surface area contributed by atoms with Crippen LogP contribution in [-0.2, 0) is 24.0 Å². The summed E-state index contributed by atoms with van der Waals surface area (Å²) in [5.41, 5.74) is 0. The maximum Gasteiger partial charge on any atom is 0.503 e. The lowest BCUT2D eigenvalue weighted by Crippen LogP contribution is -2.45. The van der Waals surface area contributed by atoms with Crippen molar-refractivity contribution in [3.05, 3.63) is 0 Å². The second-order valence-electron chi connectivity index (χ2n) is 5.60. The summed E-state index contributed by atoms with van der Waals surface area (Å²) in [5, 5.41) is 14.3. The van der Waals surface area contributed by atoms with E-state index in [2.05, 4.69) is 4.84 Å². The molecule has 0 aliphatic heterocycles. The quantitative estimate of drug-likeness (QED) is 0.713. The molecule has 0 aromatic carbocycles. The number of amides is 3. The number of rotatable bonds is 3. The van der Waals surface area contributed by atoms with Crippen LogP contribution in [0.25, 0.3) is 0 Å². The van der Waals surface area contributed by atoms with Crippen molar-refractivity contribution in [2.45, 2.75) is 46.0 Å². The molecule has 1 saturated carbocycles. The van der Waals surface area contributed by atoms with Gasteiger partial charge in [-0.2, -0.15) is 0 Å². The van der Waals surface area contributed by atoms with E-state index in [0.717, 1.165) is 46.0 Å². The zero-order chi connectivity index (χ0) is 19.6. The molecule has 0 atom stereocenters. The zero-order valence-electron chi connectivity index (χ0n) is 14.6. The van der Waals surface area contributed by atoms with E-state index >= 15 is 0 Å². The molecule has 3 amide bonds. The number of carbonyl (C=O) groups is 5. The van der Waals surface area contributed by atoms with Crippen molar-refractivity contribution in [3.63, 3.8) is 0 Å². The third-order valence-corrected chi connectivity index (χ3v) is 3.44. The van der Waals surface area contributed by atoms with Gasteiger partial charge in [-0.1, -0.05) is 19.3 Å². The predicted molar refractivity (Wildman–Crippen MR) is 84.2 cm³/mol. The second kappa shape index (κ2) is 11.0. The van der Waals surface area contributed by atoms with Gasteiger partial charge in [0.1, 0.15) is 6.54 Å². The van der Waals surface area contributed by atoms with Crippen molar-refractivity contribution in [2.75, 3.05) is 13.6 Å². The summed E-state index contributed by atoms with van der Waals surface area (Å²) in [6, 6.07) is 0. The Hall–Kier alpha value is -2.65. The Balaban J connectivity index is 0.00000129. The van der Waals surface area contributed by atoms with Gasteiger partial charge < -0.3 is 20.0 Å². The minimum absolute atomic E-state index is 0.0592. The Morgan fingerprint density at radius 2 is 1.48 bits per heavy atom. The average Bonchev–Trinajstić information content (AvgIpc) is 2.51. The van der Waals surface area contributed by atoms with Crippen LogP contribution in [0.5, 0.6) is 0 Å². The monoisotopic (exact) mass is 360 g/mol. The van der Waals surface area contributed by atoms with Crippen molar-refractivity contribution in [3.8, 4) is 0 Å². The largest absolute Gasteiger partial charge is 0.503 e. The molecule has 0 spiro atoms. The molecule has 1 rings (SSSR count). The van der Waals surface area contributed by atoms with E-state index < -0.39 is 23.9 Å². The molecule has 1 aliphatic rings. The van der Waals surface area contributed by atoms with Gasteiger partial charge in [-0.05, 0) is 12.8 Å². The number of imide groups is 1. The van der Waals surface area contributed by atoms with E-state index in [4.69, 9.17) is 15.0 Å². The van der Waals surface area contributed by atoms with Gasteiger partial charge in [0.15, 0.2) is 0 Å². The van der Waals surface area contributed by atoms with Crippen LogP contribution in [0.1, 0.15) is 46.0 Å². The van der Waals surface area contributed by atoms with Gasteiger partial charge in [-0.15, -0.1) is 5.06 Å². The average molecular weight is 360 g/mol. The third-order valence-electron chi connectivity index (χ3n) is 3.44. The molecule has 0 unspecified atom stereocenters. The Labute approximate surface area is 145 Å². The number of likely N-dealkylation sites (N-methyl/N-ethyl adjacent to an activating group) is 1. The molecule has 1 fully saturated rings. The molecule has 10 heteroatoms. The highest BCUT2D eigenvalue weighted by Crippen LogP contribution is 2.25. The molecule has 25 heavy (non-hydrogen) atoms. The van der Waals surface area contributed by atoms with Crippen LogP contribution in [0.15, 0.2) is 0 Å². The van der Waals surface area contributed by atoms with Gasteiger partial charge in [0.2, 0.25) is 5.91 Å². The molecule has 0 bridgehead atoms. The minimum atomic E-state index is -1.83. The van der Waals surface area contributed by atoms with Crippen LogP contribution in [0.4, 0.5) is 4.79 Å². The Morgan fingerprint density at radius 1 is 1.00 bits per heavy atom. The van der Waals surface area contributed by atoms with Crippen LogP contribution in [0.3, 0.4) is 0 Å². The number of hydrogen-bond donors (Lipinski definition) is 2. The van der Waals surface area contributed by atoms with E-state index in [1.165, 1.54) is 11.9 Å². The lowest BCUT2D eigenvalue weighted by atomic mass is 9.88. The smallest absolute Gasteiger partial charge is 0.450 e. The van der Waals surface area contributed by atoms with Crippen molar-refractivity contribution < 1.29 is 39.0 Å². The maximum absolute atomic E-state index is 12.2. The van der Waals surface area contributed by atoms with E-state index in [1.807, 2.05) is 0 Å².